The third kappa shape index (κ3) is 4.00. The molecule has 19 heavy (non-hydrogen) atoms. The van der Waals surface area contributed by atoms with Crippen LogP contribution in [0.5, 0.6) is 0 Å². The van der Waals surface area contributed by atoms with Crippen LogP contribution in [0.15, 0.2) is 34.9 Å². The van der Waals surface area contributed by atoms with E-state index in [0.717, 1.165) is 17.0 Å². The lowest BCUT2D eigenvalue weighted by Crippen LogP contribution is -2.15. The van der Waals surface area contributed by atoms with E-state index >= 15 is 0 Å². The molecule has 102 valence electrons. The van der Waals surface area contributed by atoms with Gasteiger partial charge in [0.15, 0.2) is 0 Å². The van der Waals surface area contributed by atoms with E-state index in [4.69, 9.17) is 16.0 Å². The molecule has 0 aliphatic carbocycles. The summed E-state index contributed by atoms with van der Waals surface area (Å²) >= 11 is 7.59. The number of thioether (sulfide) groups is 1. The van der Waals surface area contributed by atoms with Crippen molar-refractivity contribution in [3.05, 3.63) is 41.2 Å². The molecule has 0 saturated heterocycles. The van der Waals surface area contributed by atoms with Gasteiger partial charge in [-0.2, -0.15) is 0 Å². The van der Waals surface area contributed by atoms with E-state index in [1.807, 2.05) is 31.2 Å². The van der Waals surface area contributed by atoms with Crippen LogP contribution in [0.2, 0.25) is 5.02 Å². The normalized spacial score (nSPS) is 14.3. The van der Waals surface area contributed by atoms with E-state index in [0.29, 0.717) is 10.9 Å². The molecule has 0 saturated carbocycles. The SMILES string of the molecule is CC(O)C(C)SCc1coc(-c2cccc(Cl)c2)n1. The average Bonchev–Trinajstić information content (AvgIpc) is 2.84. The Bertz CT molecular complexity index is 542. The van der Waals surface area contributed by atoms with Crippen molar-refractivity contribution in [1.82, 2.24) is 4.98 Å². The summed E-state index contributed by atoms with van der Waals surface area (Å²) in [5.74, 6) is 1.29. The molecule has 2 unspecified atom stereocenters. The number of oxazole rings is 1. The van der Waals surface area contributed by atoms with Crippen LogP contribution in [0.1, 0.15) is 19.5 Å². The second-order valence-corrected chi connectivity index (χ2v) is 6.21. The molecule has 2 atom stereocenters. The molecule has 1 N–H and O–H groups in total. The lowest BCUT2D eigenvalue weighted by atomic mass is 10.2. The Labute approximate surface area is 122 Å². The Hall–Kier alpha value is -0.970. The Kier molecular flexibility index (Phi) is 4.91. The van der Waals surface area contributed by atoms with Gasteiger partial charge < -0.3 is 9.52 Å². The second-order valence-electron chi connectivity index (χ2n) is 4.41. The first-order valence-corrected chi connectivity index (χ1v) is 7.49. The molecule has 0 bridgehead atoms. The topological polar surface area (TPSA) is 46.3 Å². The van der Waals surface area contributed by atoms with Crippen LogP contribution in [0.3, 0.4) is 0 Å². The van der Waals surface area contributed by atoms with Gasteiger partial charge in [-0.3, -0.25) is 0 Å². The van der Waals surface area contributed by atoms with E-state index < -0.39 is 0 Å². The second kappa shape index (κ2) is 6.46. The monoisotopic (exact) mass is 297 g/mol. The summed E-state index contributed by atoms with van der Waals surface area (Å²) in [4.78, 5) is 4.43. The zero-order valence-corrected chi connectivity index (χ0v) is 12.4. The van der Waals surface area contributed by atoms with Crippen molar-refractivity contribution in [3.63, 3.8) is 0 Å². The largest absolute Gasteiger partial charge is 0.444 e. The molecule has 3 nitrogen and oxygen atoms in total. The highest BCUT2D eigenvalue weighted by Crippen LogP contribution is 2.25. The highest BCUT2D eigenvalue weighted by Gasteiger charge is 2.12. The lowest BCUT2D eigenvalue weighted by molar-refractivity contribution is 0.196. The molecule has 0 aliphatic rings. The summed E-state index contributed by atoms with van der Waals surface area (Å²) < 4.78 is 5.45. The number of aliphatic hydroxyl groups excluding tert-OH is 1. The molecular weight excluding hydrogens is 282 g/mol. The van der Waals surface area contributed by atoms with Crippen LogP contribution in [0.4, 0.5) is 0 Å². The maximum Gasteiger partial charge on any atom is 0.226 e. The smallest absolute Gasteiger partial charge is 0.226 e. The number of hydrogen-bond acceptors (Lipinski definition) is 4. The van der Waals surface area contributed by atoms with Gasteiger partial charge in [-0.05, 0) is 25.1 Å². The summed E-state index contributed by atoms with van der Waals surface area (Å²) in [5, 5.41) is 10.3. The molecule has 1 heterocycles. The number of aromatic nitrogens is 1. The Morgan fingerprint density at radius 1 is 1.42 bits per heavy atom. The van der Waals surface area contributed by atoms with Gasteiger partial charge in [0.25, 0.3) is 0 Å². The number of rotatable bonds is 5. The highest BCUT2D eigenvalue weighted by molar-refractivity contribution is 7.99. The van der Waals surface area contributed by atoms with Crippen LogP contribution >= 0.6 is 23.4 Å². The fourth-order valence-electron chi connectivity index (χ4n) is 1.48. The first-order valence-electron chi connectivity index (χ1n) is 6.06. The molecule has 2 aromatic rings. The minimum atomic E-state index is -0.329. The van der Waals surface area contributed by atoms with Crippen LogP contribution < -0.4 is 0 Å². The van der Waals surface area contributed by atoms with Gasteiger partial charge in [-0.15, -0.1) is 11.8 Å². The first kappa shape index (κ1) is 14.4. The van der Waals surface area contributed by atoms with E-state index in [1.54, 1.807) is 24.9 Å². The van der Waals surface area contributed by atoms with Gasteiger partial charge in [0.1, 0.15) is 6.26 Å². The first-order chi connectivity index (χ1) is 9.06. The number of hydrogen-bond donors (Lipinski definition) is 1. The number of halogens is 1. The van der Waals surface area contributed by atoms with Gasteiger partial charge in [0.2, 0.25) is 5.89 Å². The fourth-order valence-corrected chi connectivity index (χ4v) is 2.52. The average molecular weight is 298 g/mol. The van der Waals surface area contributed by atoms with E-state index in [9.17, 15) is 5.11 Å². The number of nitrogens with zero attached hydrogens (tertiary/aromatic N) is 1. The summed E-state index contributed by atoms with van der Waals surface area (Å²) in [6.45, 7) is 3.78. The van der Waals surface area contributed by atoms with Crippen molar-refractivity contribution >= 4 is 23.4 Å². The zero-order valence-electron chi connectivity index (χ0n) is 10.8. The fraction of sp³-hybridized carbons (Fsp3) is 0.357. The summed E-state index contributed by atoms with van der Waals surface area (Å²) in [6, 6.07) is 7.41. The van der Waals surface area contributed by atoms with Crippen molar-refractivity contribution < 1.29 is 9.52 Å². The minimum Gasteiger partial charge on any atom is -0.444 e. The number of benzene rings is 1. The standard InChI is InChI=1S/C14H16ClNO2S/c1-9(17)10(2)19-8-13-7-18-14(16-13)11-4-3-5-12(15)6-11/h3-7,9-10,17H,8H2,1-2H3. The van der Waals surface area contributed by atoms with Gasteiger partial charge in [-0.1, -0.05) is 24.6 Å². The van der Waals surface area contributed by atoms with Crippen molar-refractivity contribution in [1.29, 1.82) is 0 Å². The molecule has 1 aromatic heterocycles. The summed E-state index contributed by atoms with van der Waals surface area (Å²) in [5.41, 5.74) is 1.74. The third-order valence-corrected chi connectivity index (χ3v) is 4.41. The van der Waals surface area contributed by atoms with Crippen LogP contribution in [0.25, 0.3) is 11.5 Å². The Morgan fingerprint density at radius 3 is 2.89 bits per heavy atom. The minimum absolute atomic E-state index is 0.173. The predicted octanol–water partition coefficient (Wildman–Crippen LogP) is 4.00. The predicted molar refractivity (Wildman–Crippen MR) is 79.4 cm³/mol. The van der Waals surface area contributed by atoms with Crippen LogP contribution in [-0.2, 0) is 5.75 Å². The molecule has 0 amide bonds. The van der Waals surface area contributed by atoms with Crippen LogP contribution in [-0.4, -0.2) is 21.4 Å². The zero-order chi connectivity index (χ0) is 13.8. The number of aliphatic hydroxyl groups is 1. The maximum absolute atomic E-state index is 9.43. The van der Waals surface area contributed by atoms with Crippen molar-refractivity contribution in [2.24, 2.45) is 0 Å². The molecule has 0 radical (unpaired) electrons. The lowest BCUT2D eigenvalue weighted by Gasteiger charge is -2.12. The van der Waals surface area contributed by atoms with Crippen molar-refractivity contribution in [2.75, 3.05) is 0 Å². The summed E-state index contributed by atoms with van der Waals surface area (Å²) in [7, 11) is 0. The van der Waals surface area contributed by atoms with Crippen LogP contribution in [0, 0.1) is 0 Å². The Morgan fingerprint density at radius 2 is 2.21 bits per heavy atom. The molecule has 0 aliphatic heterocycles. The van der Waals surface area contributed by atoms with E-state index in [-0.39, 0.29) is 11.4 Å². The highest BCUT2D eigenvalue weighted by atomic mass is 35.5. The molecule has 0 fully saturated rings. The molecule has 2 rings (SSSR count). The van der Waals surface area contributed by atoms with Gasteiger partial charge in [-0.25, -0.2) is 4.98 Å². The molecule has 5 heteroatoms. The van der Waals surface area contributed by atoms with E-state index in [2.05, 4.69) is 4.98 Å². The maximum atomic E-state index is 9.43. The molecule has 0 spiro atoms. The van der Waals surface area contributed by atoms with Crippen molar-refractivity contribution in [2.45, 2.75) is 31.0 Å². The van der Waals surface area contributed by atoms with Gasteiger partial charge in [0.05, 0.1) is 11.8 Å². The summed E-state index contributed by atoms with van der Waals surface area (Å²) in [6.07, 6.45) is 1.32. The van der Waals surface area contributed by atoms with Gasteiger partial charge in [0, 0.05) is 21.6 Å². The Balaban J connectivity index is 2.03. The quantitative estimate of drug-likeness (QED) is 0.906. The van der Waals surface area contributed by atoms with Gasteiger partial charge >= 0.3 is 0 Å². The van der Waals surface area contributed by atoms with E-state index in [1.165, 1.54) is 0 Å². The molecular formula is C14H16ClNO2S. The van der Waals surface area contributed by atoms with Crippen molar-refractivity contribution in [3.8, 4) is 11.5 Å². The third-order valence-electron chi connectivity index (χ3n) is 2.80. The molecule has 1 aromatic carbocycles.